The molecule has 1 aromatic heterocycles. The average Bonchev–Trinajstić information content (AvgIpc) is 2.54. The number of rotatable bonds is 2. The zero-order chi connectivity index (χ0) is 17.1. The number of aromatic amines is 1. The Balaban J connectivity index is 1.90. The summed E-state index contributed by atoms with van der Waals surface area (Å²) in [7, 11) is 0. The molecule has 120 valence electrons. The maximum atomic E-state index is 12.0. The molecule has 24 heavy (non-hydrogen) atoms. The first kappa shape index (κ1) is 16.2. The number of para-hydroxylation sites is 1. The lowest BCUT2D eigenvalue weighted by Gasteiger charge is -1.99. The van der Waals surface area contributed by atoms with Gasteiger partial charge in [-0.15, -0.1) is 0 Å². The van der Waals surface area contributed by atoms with E-state index in [1.165, 1.54) is 6.21 Å². The van der Waals surface area contributed by atoms with E-state index in [-0.39, 0.29) is 17.5 Å². The number of H-pyrrole nitrogens is 1. The number of nitrogens with zero attached hydrogens (tertiary/aromatic N) is 3. The number of nitrogens with two attached hydrogens (primary N) is 1. The van der Waals surface area contributed by atoms with Crippen molar-refractivity contribution >= 4 is 52.2 Å². The zero-order valence-electron chi connectivity index (χ0n) is 12.2. The van der Waals surface area contributed by atoms with Crippen LogP contribution < -0.4 is 11.3 Å². The van der Waals surface area contributed by atoms with Gasteiger partial charge in [-0.05, 0) is 24.3 Å². The van der Waals surface area contributed by atoms with Crippen molar-refractivity contribution in [2.45, 2.75) is 0 Å². The summed E-state index contributed by atoms with van der Waals surface area (Å²) in [6, 6.07) is 11.9. The lowest BCUT2D eigenvalue weighted by Crippen LogP contribution is -2.11. The highest BCUT2D eigenvalue weighted by Gasteiger charge is 2.03. The van der Waals surface area contributed by atoms with Gasteiger partial charge < -0.3 is 5.73 Å². The number of guanidine groups is 1. The molecule has 8 heteroatoms. The number of hydrogen-bond donors (Lipinski definition) is 2. The van der Waals surface area contributed by atoms with Gasteiger partial charge >= 0.3 is 0 Å². The number of hydrogen-bond acceptors (Lipinski definition) is 3. The zero-order valence-corrected chi connectivity index (χ0v) is 13.7. The number of aromatic nitrogens is 2. The maximum absolute atomic E-state index is 12.0. The van der Waals surface area contributed by atoms with Gasteiger partial charge in [-0.2, -0.15) is 4.99 Å². The standard InChI is InChI=1S/C16H11Cl2N5O/c17-10-6-5-9(12(18)7-10)8-20-15(19)23-16-21-13-4-2-1-3-11(13)14(24)22-16/h1-8H,(H3,19,21,22,23,24)/b20-8+. The Hall–Kier alpha value is -2.70. The van der Waals surface area contributed by atoms with Crippen LogP contribution in [-0.4, -0.2) is 22.1 Å². The fourth-order valence-corrected chi connectivity index (χ4v) is 2.46. The van der Waals surface area contributed by atoms with Crippen molar-refractivity contribution in [2.75, 3.05) is 0 Å². The molecule has 0 spiro atoms. The van der Waals surface area contributed by atoms with E-state index in [4.69, 9.17) is 28.9 Å². The summed E-state index contributed by atoms with van der Waals surface area (Å²) in [4.78, 5) is 26.7. The highest BCUT2D eigenvalue weighted by atomic mass is 35.5. The molecule has 0 aliphatic rings. The second-order valence-electron chi connectivity index (χ2n) is 4.80. The van der Waals surface area contributed by atoms with Crippen LogP contribution in [0.15, 0.2) is 57.2 Å². The first-order valence-electron chi connectivity index (χ1n) is 6.85. The summed E-state index contributed by atoms with van der Waals surface area (Å²) in [6.07, 6.45) is 1.46. The molecular weight excluding hydrogens is 349 g/mol. The number of aliphatic imine (C=N–C) groups is 2. The van der Waals surface area contributed by atoms with Gasteiger partial charge in [-0.1, -0.05) is 41.4 Å². The average molecular weight is 360 g/mol. The third-order valence-corrected chi connectivity index (χ3v) is 3.68. The highest BCUT2D eigenvalue weighted by Crippen LogP contribution is 2.19. The minimum absolute atomic E-state index is 0.0700. The van der Waals surface area contributed by atoms with Gasteiger partial charge in [-0.3, -0.25) is 9.78 Å². The van der Waals surface area contributed by atoms with Crippen LogP contribution in [0, 0.1) is 0 Å². The molecule has 3 rings (SSSR count). The van der Waals surface area contributed by atoms with E-state index in [9.17, 15) is 4.79 Å². The Kier molecular flexibility index (Phi) is 4.59. The molecule has 6 nitrogen and oxygen atoms in total. The third kappa shape index (κ3) is 3.61. The molecule has 3 aromatic rings. The van der Waals surface area contributed by atoms with E-state index in [1.54, 1.807) is 42.5 Å². The van der Waals surface area contributed by atoms with Crippen LogP contribution in [0.5, 0.6) is 0 Å². The van der Waals surface area contributed by atoms with Gasteiger partial charge in [0.05, 0.1) is 15.9 Å². The predicted molar refractivity (Wildman–Crippen MR) is 97.7 cm³/mol. The molecule has 0 bridgehead atoms. The summed E-state index contributed by atoms with van der Waals surface area (Å²) in [6.45, 7) is 0. The fraction of sp³-hybridized carbons (Fsp3) is 0. The molecule has 1 heterocycles. The van der Waals surface area contributed by atoms with E-state index in [0.717, 1.165) is 0 Å². The van der Waals surface area contributed by atoms with Crippen molar-refractivity contribution in [1.82, 2.24) is 9.97 Å². The lowest BCUT2D eigenvalue weighted by molar-refractivity contribution is 1.13. The molecule has 0 aliphatic carbocycles. The van der Waals surface area contributed by atoms with Crippen molar-refractivity contribution in [3.8, 4) is 0 Å². The van der Waals surface area contributed by atoms with Crippen LogP contribution in [0.2, 0.25) is 10.0 Å². The van der Waals surface area contributed by atoms with Gasteiger partial charge in [0, 0.05) is 16.8 Å². The first-order chi connectivity index (χ1) is 11.5. The topological polar surface area (TPSA) is 96.5 Å². The summed E-state index contributed by atoms with van der Waals surface area (Å²) in [5.41, 5.74) is 6.62. The Morgan fingerprint density at radius 3 is 2.79 bits per heavy atom. The van der Waals surface area contributed by atoms with Crippen molar-refractivity contribution in [3.63, 3.8) is 0 Å². The van der Waals surface area contributed by atoms with Crippen molar-refractivity contribution < 1.29 is 0 Å². The van der Waals surface area contributed by atoms with Gasteiger partial charge in [0.15, 0.2) is 0 Å². The van der Waals surface area contributed by atoms with E-state index in [2.05, 4.69) is 20.0 Å². The van der Waals surface area contributed by atoms with E-state index >= 15 is 0 Å². The van der Waals surface area contributed by atoms with Gasteiger partial charge in [0.2, 0.25) is 11.9 Å². The smallest absolute Gasteiger partial charge is 0.260 e. The van der Waals surface area contributed by atoms with Gasteiger partial charge in [0.1, 0.15) is 0 Å². The molecule has 0 fully saturated rings. The minimum atomic E-state index is -0.295. The van der Waals surface area contributed by atoms with Crippen molar-refractivity contribution in [2.24, 2.45) is 15.7 Å². The molecule has 0 saturated carbocycles. The third-order valence-electron chi connectivity index (χ3n) is 3.12. The van der Waals surface area contributed by atoms with Crippen molar-refractivity contribution in [1.29, 1.82) is 0 Å². The molecule has 3 N–H and O–H groups in total. The molecule has 0 unspecified atom stereocenters. The van der Waals surface area contributed by atoms with Gasteiger partial charge in [0.25, 0.3) is 5.56 Å². The van der Waals surface area contributed by atoms with Crippen LogP contribution >= 0.6 is 23.2 Å². The van der Waals surface area contributed by atoms with Crippen LogP contribution in [0.1, 0.15) is 5.56 Å². The molecule has 0 amide bonds. The second-order valence-corrected chi connectivity index (χ2v) is 5.64. The van der Waals surface area contributed by atoms with Crippen LogP contribution in [0.3, 0.4) is 0 Å². The Bertz CT molecular complexity index is 1030. The summed E-state index contributed by atoms with van der Waals surface area (Å²) < 4.78 is 0. The molecule has 0 atom stereocenters. The van der Waals surface area contributed by atoms with Crippen LogP contribution in [0.25, 0.3) is 10.9 Å². The van der Waals surface area contributed by atoms with Crippen molar-refractivity contribution in [3.05, 3.63) is 68.4 Å². The number of benzene rings is 2. The SMILES string of the molecule is NC(/N=C/c1ccc(Cl)cc1Cl)=N\c1nc2ccccc2c(=O)[nH]1. The summed E-state index contributed by atoms with van der Waals surface area (Å²) in [5.74, 6) is 0.00926. The lowest BCUT2D eigenvalue weighted by atomic mass is 10.2. The fourth-order valence-electron chi connectivity index (χ4n) is 2.01. The quantitative estimate of drug-likeness (QED) is 0.542. The highest BCUT2D eigenvalue weighted by molar-refractivity contribution is 6.36. The van der Waals surface area contributed by atoms with Gasteiger partial charge in [-0.25, -0.2) is 9.98 Å². The molecule has 2 aromatic carbocycles. The second kappa shape index (κ2) is 6.82. The monoisotopic (exact) mass is 359 g/mol. The predicted octanol–water partition coefficient (Wildman–Crippen LogP) is 3.30. The Labute approximate surface area is 146 Å². The normalized spacial score (nSPS) is 12.2. The summed E-state index contributed by atoms with van der Waals surface area (Å²) in [5, 5.41) is 1.44. The Morgan fingerprint density at radius 2 is 2.00 bits per heavy atom. The summed E-state index contributed by atoms with van der Waals surface area (Å²) >= 11 is 11.9. The first-order valence-corrected chi connectivity index (χ1v) is 7.61. The van der Waals surface area contributed by atoms with E-state index in [1.807, 2.05) is 0 Å². The largest absolute Gasteiger partial charge is 0.368 e. The number of nitrogens with one attached hydrogen (secondary N) is 1. The molecule has 0 saturated heterocycles. The van der Waals surface area contributed by atoms with Crippen LogP contribution in [-0.2, 0) is 0 Å². The molecular formula is C16H11Cl2N5O. The number of fused-ring (bicyclic) bond motifs is 1. The van der Waals surface area contributed by atoms with E-state index < -0.39 is 0 Å². The minimum Gasteiger partial charge on any atom is -0.368 e. The Morgan fingerprint density at radius 1 is 1.21 bits per heavy atom. The molecule has 0 radical (unpaired) electrons. The molecule has 0 aliphatic heterocycles. The van der Waals surface area contributed by atoms with Crippen LogP contribution in [0.4, 0.5) is 5.95 Å². The number of halogens is 2. The maximum Gasteiger partial charge on any atom is 0.260 e. The van der Waals surface area contributed by atoms with E-state index in [0.29, 0.717) is 26.5 Å².